The van der Waals surface area contributed by atoms with E-state index in [1.165, 1.54) is 31.4 Å². The summed E-state index contributed by atoms with van der Waals surface area (Å²) in [7, 11) is 0. The molecule has 1 aromatic rings. The Labute approximate surface area is 153 Å². The summed E-state index contributed by atoms with van der Waals surface area (Å²) in [6, 6.07) is 4.54. The molecule has 4 bridgehead atoms. The Morgan fingerprint density at radius 3 is 2.48 bits per heavy atom. The van der Waals surface area contributed by atoms with Crippen molar-refractivity contribution < 1.29 is 22.7 Å². The van der Waals surface area contributed by atoms with Crippen molar-refractivity contribution in [2.24, 2.45) is 17.3 Å². The van der Waals surface area contributed by atoms with Gasteiger partial charge in [0.2, 0.25) is 0 Å². The molecule has 25 heavy (non-hydrogen) atoms. The SMILES string of the molecule is O=C(CC12CC3CC(CC(Br)(C3)C1)C2)Oc1cccc(C(F)(F)F)c1. The van der Waals surface area contributed by atoms with Crippen LogP contribution in [0.2, 0.25) is 0 Å². The molecule has 0 saturated heterocycles. The molecule has 2 nitrogen and oxygen atoms in total. The zero-order valence-electron chi connectivity index (χ0n) is 13.7. The lowest BCUT2D eigenvalue weighted by Gasteiger charge is -2.60. The maximum absolute atomic E-state index is 12.8. The number of halogens is 4. The van der Waals surface area contributed by atoms with Gasteiger partial charge in [0.05, 0.1) is 12.0 Å². The minimum absolute atomic E-state index is 0.0295. The van der Waals surface area contributed by atoms with Crippen LogP contribution in [0.25, 0.3) is 0 Å². The Balaban J connectivity index is 1.46. The monoisotopic (exact) mass is 416 g/mol. The van der Waals surface area contributed by atoms with Gasteiger partial charge in [-0.25, -0.2) is 0 Å². The molecule has 5 rings (SSSR count). The van der Waals surface area contributed by atoms with Crippen molar-refractivity contribution in [3.05, 3.63) is 29.8 Å². The van der Waals surface area contributed by atoms with Gasteiger partial charge in [-0.1, -0.05) is 22.0 Å². The van der Waals surface area contributed by atoms with E-state index in [1.54, 1.807) is 0 Å². The lowest BCUT2D eigenvalue weighted by Crippen LogP contribution is -2.53. The number of hydrogen-bond donors (Lipinski definition) is 0. The molecule has 4 saturated carbocycles. The highest BCUT2D eigenvalue weighted by Crippen LogP contribution is 2.65. The van der Waals surface area contributed by atoms with E-state index in [0.29, 0.717) is 18.3 Å². The van der Waals surface area contributed by atoms with E-state index >= 15 is 0 Å². The van der Waals surface area contributed by atoms with Crippen molar-refractivity contribution in [3.8, 4) is 5.75 Å². The molecule has 2 atom stereocenters. The Hall–Kier alpha value is -1.04. The molecule has 4 fully saturated rings. The Bertz CT molecular complexity index is 686. The number of carbonyl (C=O) groups excluding carboxylic acids is 1. The number of benzene rings is 1. The first-order valence-electron chi connectivity index (χ1n) is 8.72. The van der Waals surface area contributed by atoms with E-state index in [4.69, 9.17) is 4.74 Å². The quantitative estimate of drug-likeness (QED) is 0.357. The highest BCUT2D eigenvalue weighted by Gasteiger charge is 2.57. The number of esters is 1. The highest BCUT2D eigenvalue weighted by atomic mass is 79.9. The predicted molar refractivity (Wildman–Crippen MR) is 90.5 cm³/mol. The Morgan fingerprint density at radius 2 is 1.88 bits per heavy atom. The smallest absolute Gasteiger partial charge is 0.416 e. The van der Waals surface area contributed by atoms with Crippen molar-refractivity contribution in [2.75, 3.05) is 0 Å². The van der Waals surface area contributed by atoms with Crippen molar-refractivity contribution in [1.29, 1.82) is 0 Å². The summed E-state index contributed by atoms with van der Waals surface area (Å²) >= 11 is 3.90. The Kier molecular flexibility index (Phi) is 3.98. The van der Waals surface area contributed by atoms with Gasteiger partial charge in [0.25, 0.3) is 0 Å². The summed E-state index contributed by atoms with van der Waals surface area (Å²) in [5, 5.41) is 0. The van der Waals surface area contributed by atoms with Crippen LogP contribution in [-0.4, -0.2) is 10.3 Å². The fourth-order valence-electron chi connectivity index (χ4n) is 5.75. The Morgan fingerprint density at radius 1 is 1.20 bits per heavy atom. The zero-order valence-corrected chi connectivity index (χ0v) is 15.3. The molecular weight excluding hydrogens is 397 g/mol. The molecule has 1 aromatic carbocycles. The maximum atomic E-state index is 12.8. The zero-order chi connectivity index (χ0) is 17.9. The summed E-state index contributed by atoms with van der Waals surface area (Å²) in [6.45, 7) is 0. The predicted octanol–water partition coefficient (Wildman–Crippen LogP) is 5.73. The molecule has 6 heteroatoms. The van der Waals surface area contributed by atoms with Crippen LogP contribution < -0.4 is 4.74 Å². The van der Waals surface area contributed by atoms with Gasteiger partial charge >= 0.3 is 12.1 Å². The molecule has 4 aliphatic carbocycles. The second-order valence-corrected chi connectivity index (χ2v) is 9.97. The molecule has 2 unspecified atom stereocenters. The van der Waals surface area contributed by atoms with E-state index in [1.807, 2.05) is 0 Å². The lowest BCUT2D eigenvalue weighted by molar-refractivity contribution is -0.143. The van der Waals surface area contributed by atoms with E-state index in [2.05, 4.69) is 15.9 Å². The number of ether oxygens (including phenoxy) is 1. The van der Waals surface area contributed by atoms with E-state index in [-0.39, 0.29) is 15.5 Å². The van der Waals surface area contributed by atoms with Crippen molar-refractivity contribution >= 4 is 21.9 Å². The number of alkyl halides is 4. The van der Waals surface area contributed by atoms with E-state index in [0.717, 1.165) is 31.4 Å². The van der Waals surface area contributed by atoms with Crippen LogP contribution in [0.1, 0.15) is 50.5 Å². The summed E-state index contributed by atoms with van der Waals surface area (Å²) in [5.41, 5.74) is -0.848. The van der Waals surface area contributed by atoms with Gasteiger partial charge in [-0.2, -0.15) is 13.2 Å². The van der Waals surface area contributed by atoms with Gasteiger partial charge < -0.3 is 4.74 Å². The van der Waals surface area contributed by atoms with E-state index in [9.17, 15) is 18.0 Å². The van der Waals surface area contributed by atoms with Crippen LogP contribution in [0.4, 0.5) is 13.2 Å². The maximum Gasteiger partial charge on any atom is 0.416 e. The molecule has 0 N–H and O–H groups in total. The minimum atomic E-state index is -4.44. The summed E-state index contributed by atoms with van der Waals surface area (Å²) in [6.07, 6.45) is 2.49. The van der Waals surface area contributed by atoms with Crippen LogP contribution in [0.15, 0.2) is 24.3 Å². The highest BCUT2D eigenvalue weighted by molar-refractivity contribution is 9.10. The molecule has 0 radical (unpaired) electrons. The normalized spacial score (nSPS) is 36.5. The molecule has 0 aromatic heterocycles. The molecule has 136 valence electrons. The van der Waals surface area contributed by atoms with Crippen molar-refractivity contribution in [2.45, 2.75) is 55.4 Å². The second kappa shape index (κ2) is 5.73. The van der Waals surface area contributed by atoms with Crippen molar-refractivity contribution in [1.82, 2.24) is 0 Å². The third-order valence-corrected chi connectivity index (χ3v) is 6.95. The molecule has 0 heterocycles. The average molecular weight is 417 g/mol. The second-order valence-electron chi connectivity index (χ2n) is 8.29. The standard InChI is InChI=1S/C19H20BrF3O2/c20-18-8-12-4-13(9-18)7-17(6-12,11-18)10-16(24)25-15-3-1-2-14(5-15)19(21,22)23/h1-3,5,12-13H,4,6-11H2. The third kappa shape index (κ3) is 3.46. The number of carbonyl (C=O) groups is 1. The molecule has 0 amide bonds. The molecule has 4 aliphatic rings. The molecule has 0 spiro atoms. The average Bonchev–Trinajstić information content (AvgIpc) is 2.42. The van der Waals surface area contributed by atoms with Crippen LogP contribution >= 0.6 is 15.9 Å². The first-order chi connectivity index (χ1) is 11.6. The topological polar surface area (TPSA) is 26.3 Å². The van der Waals surface area contributed by atoms with Gasteiger partial charge in [0, 0.05) is 4.32 Å². The number of hydrogen-bond acceptors (Lipinski definition) is 2. The molecular formula is C19H20BrF3O2. The first-order valence-corrected chi connectivity index (χ1v) is 9.51. The van der Waals surface area contributed by atoms with Gasteiger partial charge in [0.15, 0.2) is 0 Å². The van der Waals surface area contributed by atoms with Crippen LogP contribution in [0, 0.1) is 17.3 Å². The van der Waals surface area contributed by atoms with Gasteiger partial charge in [-0.15, -0.1) is 0 Å². The van der Waals surface area contributed by atoms with Crippen LogP contribution in [0.5, 0.6) is 5.75 Å². The van der Waals surface area contributed by atoms with E-state index < -0.39 is 17.7 Å². The fraction of sp³-hybridized carbons (Fsp3) is 0.632. The van der Waals surface area contributed by atoms with Crippen LogP contribution in [0.3, 0.4) is 0 Å². The van der Waals surface area contributed by atoms with Gasteiger partial charge in [-0.3, -0.25) is 4.79 Å². The molecule has 0 aliphatic heterocycles. The van der Waals surface area contributed by atoms with Crippen molar-refractivity contribution in [3.63, 3.8) is 0 Å². The summed E-state index contributed by atoms with van der Waals surface area (Å²) < 4.78 is 43.8. The van der Waals surface area contributed by atoms with Gasteiger partial charge in [-0.05, 0) is 74.0 Å². The fourth-order valence-corrected chi connectivity index (χ4v) is 7.26. The summed E-state index contributed by atoms with van der Waals surface area (Å²) in [4.78, 5) is 12.4. The third-order valence-electron chi connectivity index (χ3n) is 6.02. The van der Waals surface area contributed by atoms with Crippen LogP contribution in [-0.2, 0) is 11.0 Å². The largest absolute Gasteiger partial charge is 0.426 e. The first kappa shape index (κ1) is 17.4. The van der Waals surface area contributed by atoms with Gasteiger partial charge in [0.1, 0.15) is 5.75 Å². The minimum Gasteiger partial charge on any atom is -0.426 e. The number of rotatable bonds is 3. The lowest BCUT2D eigenvalue weighted by atomic mass is 9.49. The summed E-state index contributed by atoms with van der Waals surface area (Å²) in [5.74, 6) is 0.861.